The third kappa shape index (κ3) is 5.03. The van der Waals surface area contributed by atoms with Gasteiger partial charge in [0.15, 0.2) is 0 Å². The van der Waals surface area contributed by atoms with Gasteiger partial charge < -0.3 is 15.0 Å². The fraction of sp³-hybridized carbons (Fsp3) is 0.448. The number of ether oxygens (including phenoxy) is 1. The second kappa shape index (κ2) is 10.5. The summed E-state index contributed by atoms with van der Waals surface area (Å²) in [5.74, 6) is 0.589. The van der Waals surface area contributed by atoms with Crippen molar-refractivity contribution >= 4 is 11.6 Å². The van der Waals surface area contributed by atoms with Crippen molar-refractivity contribution in [2.75, 3.05) is 25.1 Å². The first-order valence-corrected chi connectivity index (χ1v) is 13.1. The summed E-state index contributed by atoms with van der Waals surface area (Å²) < 4.78 is 6.90. The lowest BCUT2D eigenvalue weighted by atomic mass is 9.84. The molecular formula is C29H35N5O3. The average Bonchev–Trinajstić information content (AvgIpc) is 3.57. The van der Waals surface area contributed by atoms with Crippen LogP contribution < -0.4 is 15.0 Å². The van der Waals surface area contributed by atoms with Gasteiger partial charge in [0.05, 0.1) is 18.5 Å². The molecule has 2 aromatic carbocycles. The van der Waals surface area contributed by atoms with E-state index in [0.717, 1.165) is 23.5 Å². The van der Waals surface area contributed by atoms with Crippen molar-refractivity contribution in [2.45, 2.75) is 64.0 Å². The summed E-state index contributed by atoms with van der Waals surface area (Å²) in [4.78, 5) is 26.7. The molecule has 0 unspecified atom stereocenters. The highest BCUT2D eigenvalue weighted by molar-refractivity contribution is 6.07. The second-order valence-corrected chi connectivity index (χ2v) is 10.7. The van der Waals surface area contributed by atoms with Crippen molar-refractivity contribution in [3.05, 3.63) is 76.0 Å². The molecule has 0 bridgehead atoms. The van der Waals surface area contributed by atoms with Gasteiger partial charge in [-0.15, -0.1) is 0 Å². The maximum absolute atomic E-state index is 13.8. The van der Waals surface area contributed by atoms with Gasteiger partial charge >= 0.3 is 0 Å². The van der Waals surface area contributed by atoms with Gasteiger partial charge in [-0.2, -0.15) is 10.0 Å². The van der Waals surface area contributed by atoms with Gasteiger partial charge in [-0.25, -0.2) is 4.68 Å². The Morgan fingerprint density at radius 2 is 1.73 bits per heavy atom. The first-order chi connectivity index (χ1) is 17.9. The minimum absolute atomic E-state index is 0.0100. The number of benzene rings is 2. The lowest BCUT2D eigenvalue weighted by Gasteiger charge is -2.30. The normalized spacial score (nSPS) is 16.2. The Bertz CT molecular complexity index is 1260. The van der Waals surface area contributed by atoms with E-state index < -0.39 is 0 Å². The maximum Gasteiger partial charge on any atom is 0.277 e. The molecule has 0 spiro atoms. The number of nitroso groups, excluding NO2 is 1. The van der Waals surface area contributed by atoms with Crippen LogP contribution in [0.5, 0.6) is 5.75 Å². The van der Waals surface area contributed by atoms with E-state index in [1.165, 1.54) is 31.2 Å². The van der Waals surface area contributed by atoms with E-state index in [9.17, 15) is 9.70 Å². The van der Waals surface area contributed by atoms with E-state index in [-0.39, 0.29) is 17.9 Å². The van der Waals surface area contributed by atoms with Gasteiger partial charge in [0.25, 0.3) is 5.91 Å². The lowest BCUT2D eigenvalue weighted by Crippen LogP contribution is -2.39. The molecule has 1 aliphatic carbocycles. The molecule has 0 saturated heterocycles. The summed E-state index contributed by atoms with van der Waals surface area (Å²) in [6.07, 6.45) is 5.80. The van der Waals surface area contributed by atoms with Crippen molar-refractivity contribution in [3.8, 4) is 11.4 Å². The number of hydrogen-bond acceptors (Lipinski definition) is 6. The minimum Gasteiger partial charge on any atom is -0.497 e. The van der Waals surface area contributed by atoms with Crippen LogP contribution in [-0.2, 0) is 18.4 Å². The molecule has 5 rings (SSSR count). The molecule has 0 radical (unpaired) electrons. The zero-order valence-electron chi connectivity index (χ0n) is 21.9. The number of carbonyl (C=O) groups excluding carboxylic acids is 1. The quantitative estimate of drug-likeness (QED) is 0.409. The predicted molar refractivity (Wildman–Crippen MR) is 145 cm³/mol. The highest BCUT2D eigenvalue weighted by Crippen LogP contribution is 2.31. The highest BCUT2D eigenvalue weighted by Gasteiger charge is 2.33. The maximum atomic E-state index is 13.8. The number of nitrogens with one attached hydrogen (secondary N) is 1. The van der Waals surface area contributed by atoms with E-state index >= 15 is 0 Å². The van der Waals surface area contributed by atoms with Crippen LogP contribution in [0.2, 0.25) is 0 Å². The van der Waals surface area contributed by atoms with Gasteiger partial charge in [0.1, 0.15) is 18.0 Å². The zero-order valence-corrected chi connectivity index (χ0v) is 21.9. The van der Waals surface area contributed by atoms with Crippen molar-refractivity contribution in [1.29, 1.82) is 0 Å². The number of fused-ring (bicyclic) bond motifs is 1. The monoisotopic (exact) mass is 501 g/mol. The first-order valence-electron chi connectivity index (χ1n) is 13.1. The Kier molecular flexibility index (Phi) is 7.11. The number of rotatable bonds is 9. The molecular weight excluding hydrogens is 466 g/mol. The molecule has 3 aromatic rings. The SMILES string of the molecule is COc1ccc(-n2nc(CN=O)c3c2C(=O)N(c2ccc(C(C)(C)CNC4CCCC4)cc2)CC3)cc1. The van der Waals surface area contributed by atoms with Gasteiger partial charge in [-0.05, 0) is 61.2 Å². The second-order valence-electron chi connectivity index (χ2n) is 10.7. The Hall–Kier alpha value is -3.52. The lowest BCUT2D eigenvalue weighted by molar-refractivity contribution is 0.0973. The van der Waals surface area contributed by atoms with Crippen LogP contribution in [0.4, 0.5) is 5.69 Å². The molecule has 1 amide bonds. The Balaban J connectivity index is 1.39. The molecule has 194 valence electrons. The third-order valence-corrected chi connectivity index (χ3v) is 7.78. The van der Waals surface area contributed by atoms with Crippen molar-refractivity contribution in [2.24, 2.45) is 5.18 Å². The number of methoxy groups -OCH3 is 1. The summed E-state index contributed by atoms with van der Waals surface area (Å²) in [5, 5.41) is 11.4. The van der Waals surface area contributed by atoms with Gasteiger partial charge in [0, 0.05) is 35.8 Å². The topological polar surface area (TPSA) is 88.8 Å². The summed E-state index contributed by atoms with van der Waals surface area (Å²) in [7, 11) is 1.61. The molecule has 2 heterocycles. The Labute approximate surface area is 218 Å². The molecule has 1 aliphatic heterocycles. The molecule has 37 heavy (non-hydrogen) atoms. The molecule has 8 nitrogen and oxygen atoms in total. The van der Waals surface area contributed by atoms with E-state index in [2.05, 4.69) is 41.6 Å². The van der Waals surface area contributed by atoms with Crippen LogP contribution in [0.15, 0.2) is 53.7 Å². The predicted octanol–water partition coefficient (Wildman–Crippen LogP) is 5.16. The molecule has 1 aromatic heterocycles. The summed E-state index contributed by atoms with van der Waals surface area (Å²) in [6.45, 7) is 5.92. The van der Waals surface area contributed by atoms with Crippen LogP contribution in [0, 0.1) is 4.91 Å². The third-order valence-electron chi connectivity index (χ3n) is 7.78. The van der Waals surface area contributed by atoms with E-state index in [0.29, 0.717) is 36.1 Å². The van der Waals surface area contributed by atoms with E-state index in [1.807, 2.05) is 36.4 Å². The van der Waals surface area contributed by atoms with E-state index in [1.54, 1.807) is 16.7 Å². The van der Waals surface area contributed by atoms with Gasteiger partial charge in [-0.3, -0.25) is 4.79 Å². The standard InChI is InChI=1S/C29H35N5O3/c1-29(2,19-30-21-6-4-5-7-21)20-8-10-22(11-9-20)33-17-16-25-26(18-31-36)32-34(27(25)28(33)35)23-12-14-24(37-3)15-13-23/h8-15,21,30H,4-7,16-19H2,1-3H3. The number of aromatic nitrogens is 2. The number of amides is 1. The summed E-state index contributed by atoms with van der Waals surface area (Å²) >= 11 is 0. The molecule has 1 saturated carbocycles. The van der Waals surface area contributed by atoms with Crippen LogP contribution in [-0.4, -0.2) is 41.9 Å². The number of anilines is 1. The smallest absolute Gasteiger partial charge is 0.277 e. The summed E-state index contributed by atoms with van der Waals surface area (Å²) in [5.41, 5.74) is 4.67. The van der Waals surface area contributed by atoms with Crippen LogP contribution >= 0.6 is 0 Å². The number of carbonyl (C=O) groups is 1. The van der Waals surface area contributed by atoms with Crippen molar-refractivity contribution in [1.82, 2.24) is 15.1 Å². The molecule has 0 atom stereocenters. The Morgan fingerprint density at radius 1 is 1.05 bits per heavy atom. The fourth-order valence-electron chi connectivity index (χ4n) is 5.50. The number of nitrogens with zero attached hydrogens (tertiary/aromatic N) is 4. The molecule has 2 aliphatic rings. The van der Waals surface area contributed by atoms with Crippen LogP contribution in [0.25, 0.3) is 5.69 Å². The highest BCUT2D eigenvalue weighted by atomic mass is 16.5. The molecule has 8 heteroatoms. The molecule has 1 fully saturated rings. The van der Waals surface area contributed by atoms with Crippen molar-refractivity contribution in [3.63, 3.8) is 0 Å². The molecule has 1 N–H and O–H groups in total. The zero-order chi connectivity index (χ0) is 26.0. The first kappa shape index (κ1) is 25.1. The average molecular weight is 502 g/mol. The summed E-state index contributed by atoms with van der Waals surface area (Å²) in [6, 6.07) is 16.3. The largest absolute Gasteiger partial charge is 0.497 e. The van der Waals surface area contributed by atoms with Gasteiger partial charge in [0.2, 0.25) is 0 Å². The Morgan fingerprint density at radius 3 is 2.38 bits per heavy atom. The fourth-order valence-corrected chi connectivity index (χ4v) is 5.50. The van der Waals surface area contributed by atoms with Crippen LogP contribution in [0.3, 0.4) is 0 Å². The number of hydrogen-bond donors (Lipinski definition) is 1. The van der Waals surface area contributed by atoms with E-state index in [4.69, 9.17) is 4.74 Å². The van der Waals surface area contributed by atoms with Crippen molar-refractivity contribution < 1.29 is 9.53 Å². The van der Waals surface area contributed by atoms with Crippen LogP contribution in [0.1, 0.15) is 66.8 Å². The van der Waals surface area contributed by atoms with Gasteiger partial charge in [-0.1, -0.05) is 44.0 Å². The minimum atomic E-state index is -0.128.